The van der Waals surface area contributed by atoms with Crippen molar-refractivity contribution in [3.05, 3.63) is 34.5 Å². The van der Waals surface area contributed by atoms with Gasteiger partial charge in [-0.3, -0.25) is 9.59 Å². The van der Waals surface area contributed by atoms with Gasteiger partial charge in [0.15, 0.2) is 23.2 Å². The van der Waals surface area contributed by atoms with Gasteiger partial charge in [-0.1, -0.05) is 22.9 Å². The average molecular weight is 530 g/mol. The number of ether oxygens (including phenoxy) is 1. The van der Waals surface area contributed by atoms with Crippen molar-refractivity contribution in [3.8, 4) is 16.5 Å². The first-order chi connectivity index (χ1) is 16.5. The molecule has 2 N–H and O–H groups in total. The Morgan fingerprint density at radius 3 is 2.74 bits per heavy atom. The zero-order chi connectivity index (χ0) is 25.0. The standard InChI is InChI=1S/C19H15ClF3N7O4S/c20-10-2-1-9(19(21,22)23)13-14(10)34-18(25-16(13)33)3-5-29(6-4-18)17-24-7-11(35-17)15-26-28-30(27-15)8-12(31)32/h1-2,7H,3-6,8H2,(H,25,33)(H,31,32). The fourth-order valence-corrected chi connectivity index (χ4v) is 5.03. The Morgan fingerprint density at radius 2 is 2.06 bits per heavy atom. The van der Waals surface area contributed by atoms with E-state index in [9.17, 15) is 22.8 Å². The molecule has 0 unspecified atom stereocenters. The molecule has 1 fully saturated rings. The van der Waals surface area contributed by atoms with Crippen molar-refractivity contribution in [2.24, 2.45) is 0 Å². The molecule has 0 aliphatic carbocycles. The highest BCUT2D eigenvalue weighted by atomic mass is 35.5. The summed E-state index contributed by atoms with van der Waals surface area (Å²) in [5.74, 6) is -2.03. The molecule has 0 saturated carbocycles. The van der Waals surface area contributed by atoms with E-state index in [1.807, 2.05) is 4.90 Å². The first-order valence-electron chi connectivity index (χ1n) is 10.2. The summed E-state index contributed by atoms with van der Waals surface area (Å²) >= 11 is 7.38. The first kappa shape index (κ1) is 23.3. The molecule has 1 aromatic carbocycles. The Kier molecular flexibility index (Phi) is 5.55. The number of amides is 1. The lowest BCUT2D eigenvalue weighted by molar-refractivity contribution is -0.139. The lowest BCUT2D eigenvalue weighted by Crippen LogP contribution is -2.61. The number of carboxylic acid groups (broad SMARTS) is 1. The van der Waals surface area contributed by atoms with Gasteiger partial charge in [0.05, 0.1) is 27.2 Å². The number of rotatable bonds is 4. The SMILES string of the molecule is O=C(O)Cn1nnc(-c2cnc(N3CCC4(CC3)NC(=O)c3c(C(F)(F)F)ccc(Cl)c3O4)s2)n1. The van der Waals surface area contributed by atoms with E-state index in [1.165, 1.54) is 11.3 Å². The Morgan fingerprint density at radius 1 is 1.31 bits per heavy atom. The molecule has 35 heavy (non-hydrogen) atoms. The predicted octanol–water partition coefficient (Wildman–Crippen LogP) is 2.67. The summed E-state index contributed by atoms with van der Waals surface area (Å²) < 4.78 is 46.1. The third-order valence-corrected chi connectivity index (χ3v) is 6.92. The molecule has 1 spiro atoms. The van der Waals surface area contributed by atoms with Gasteiger partial charge in [-0.05, 0) is 17.3 Å². The summed E-state index contributed by atoms with van der Waals surface area (Å²) in [5.41, 5.74) is -2.92. The molecule has 3 aromatic rings. The van der Waals surface area contributed by atoms with Crippen LogP contribution in [0.25, 0.3) is 10.7 Å². The number of hydrogen-bond donors (Lipinski definition) is 2. The number of anilines is 1. The Labute approximate surface area is 203 Å². The molecule has 2 aliphatic rings. The van der Waals surface area contributed by atoms with Gasteiger partial charge in [0.2, 0.25) is 5.82 Å². The summed E-state index contributed by atoms with van der Waals surface area (Å²) in [6.45, 7) is 0.354. The molecule has 2 aliphatic heterocycles. The molecule has 11 nitrogen and oxygen atoms in total. The fourth-order valence-electron chi connectivity index (χ4n) is 3.94. The number of carbonyl (C=O) groups is 2. The van der Waals surface area contributed by atoms with E-state index in [4.69, 9.17) is 21.4 Å². The van der Waals surface area contributed by atoms with Crippen LogP contribution < -0.4 is 15.0 Å². The minimum absolute atomic E-state index is 0.0716. The van der Waals surface area contributed by atoms with Gasteiger partial charge in [-0.15, -0.1) is 10.2 Å². The second-order valence-electron chi connectivity index (χ2n) is 7.88. The van der Waals surface area contributed by atoms with Gasteiger partial charge in [0.25, 0.3) is 5.91 Å². The van der Waals surface area contributed by atoms with Crippen LogP contribution in [0.2, 0.25) is 5.02 Å². The summed E-state index contributed by atoms with van der Waals surface area (Å²) in [5, 5.41) is 23.5. The van der Waals surface area contributed by atoms with Crippen molar-refractivity contribution in [3.63, 3.8) is 0 Å². The van der Waals surface area contributed by atoms with Crippen LogP contribution in [0.1, 0.15) is 28.8 Å². The van der Waals surface area contributed by atoms with Gasteiger partial charge < -0.3 is 20.1 Å². The quantitative estimate of drug-likeness (QED) is 0.523. The lowest BCUT2D eigenvalue weighted by atomic mass is 9.95. The van der Waals surface area contributed by atoms with Crippen LogP contribution in [0, 0.1) is 0 Å². The maximum atomic E-state index is 13.4. The Bertz CT molecular complexity index is 1320. The number of nitrogens with one attached hydrogen (secondary N) is 1. The van der Waals surface area contributed by atoms with Crippen molar-refractivity contribution in [2.75, 3.05) is 18.0 Å². The molecule has 4 heterocycles. The number of tetrazole rings is 1. The number of nitrogens with zero attached hydrogens (tertiary/aromatic N) is 6. The van der Waals surface area contributed by atoms with Crippen molar-refractivity contribution >= 4 is 39.9 Å². The minimum atomic E-state index is -4.74. The molecular formula is C19H15ClF3N7O4S. The van der Waals surface area contributed by atoms with Crippen LogP contribution in [-0.4, -0.2) is 61.0 Å². The number of piperidine rings is 1. The number of aromatic nitrogens is 5. The second kappa shape index (κ2) is 8.34. The molecule has 1 amide bonds. The fraction of sp³-hybridized carbons (Fsp3) is 0.368. The van der Waals surface area contributed by atoms with Crippen LogP contribution in [0.3, 0.4) is 0 Å². The Balaban J connectivity index is 1.31. The number of fused-ring (bicyclic) bond motifs is 1. The molecule has 0 radical (unpaired) electrons. The number of halogens is 4. The van der Waals surface area contributed by atoms with E-state index >= 15 is 0 Å². The van der Waals surface area contributed by atoms with Crippen molar-refractivity contribution < 1.29 is 32.6 Å². The Hall–Kier alpha value is -3.46. The molecule has 1 saturated heterocycles. The number of carbonyl (C=O) groups excluding carboxylic acids is 1. The topological polar surface area (TPSA) is 135 Å². The first-order valence-corrected chi connectivity index (χ1v) is 11.4. The molecule has 16 heteroatoms. The normalized spacial score (nSPS) is 17.1. The van der Waals surface area contributed by atoms with Crippen LogP contribution >= 0.6 is 22.9 Å². The van der Waals surface area contributed by atoms with Crippen molar-refractivity contribution in [1.29, 1.82) is 0 Å². The van der Waals surface area contributed by atoms with Crippen LogP contribution in [0.15, 0.2) is 18.3 Å². The van der Waals surface area contributed by atoms with Gasteiger partial charge in [0.1, 0.15) is 0 Å². The van der Waals surface area contributed by atoms with Gasteiger partial charge in [-0.25, -0.2) is 4.98 Å². The van der Waals surface area contributed by atoms with E-state index in [1.54, 1.807) is 6.20 Å². The molecule has 184 valence electrons. The summed E-state index contributed by atoms with van der Waals surface area (Å²) in [4.78, 5) is 31.3. The highest BCUT2D eigenvalue weighted by Gasteiger charge is 2.47. The van der Waals surface area contributed by atoms with Crippen molar-refractivity contribution in [1.82, 2.24) is 30.5 Å². The van der Waals surface area contributed by atoms with Crippen LogP contribution in [0.5, 0.6) is 5.75 Å². The third kappa shape index (κ3) is 4.36. The molecule has 0 bridgehead atoms. The third-order valence-electron chi connectivity index (χ3n) is 5.57. The number of benzene rings is 1. The zero-order valence-electron chi connectivity index (χ0n) is 17.5. The van der Waals surface area contributed by atoms with E-state index in [2.05, 4.69) is 25.7 Å². The number of carboxylic acids is 1. The maximum Gasteiger partial charge on any atom is 0.417 e. The molecule has 2 aromatic heterocycles. The maximum absolute atomic E-state index is 13.4. The van der Waals surface area contributed by atoms with Gasteiger partial charge in [0, 0.05) is 25.9 Å². The second-order valence-corrected chi connectivity index (χ2v) is 9.29. The number of alkyl halides is 3. The highest BCUT2D eigenvalue weighted by molar-refractivity contribution is 7.18. The zero-order valence-corrected chi connectivity index (χ0v) is 19.1. The average Bonchev–Trinajstić information content (AvgIpc) is 3.44. The minimum Gasteiger partial charge on any atom is -0.480 e. The lowest BCUT2D eigenvalue weighted by Gasteiger charge is -2.45. The largest absolute Gasteiger partial charge is 0.480 e. The summed E-state index contributed by atoms with van der Waals surface area (Å²) in [6, 6.07) is 1.84. The molecular weight excluding hydrogens is 515 g/mol. The number of hydrogen-bond acceptors (Lipinski definition) is 9. The predicted molar refractivity (Wildman–Crippen MR) is 115 cm³/mol. The van der Waals surface area contributed by atoms with E-state index in [0.29, 0.717) is 23.1 Å². The van der Waals surface area contributed by atoms with Gasteiger partial charge in [-0.2, -0.15) is 18.0 Å². The number of aliphatic carboxylic acids is 1. The van der Waals surface area contributed by atoms with Crippen LogP contribution in [0.4, 0.5) is 18.3 Å². The monoisotopic (exact) mass is 529 g/mol. The van der Waals surface area contributed by atoms with E-state index in [-0.39, 0.29) is 29.4 Å². The number of thiazole rings is 1. The molecule has 0 atom stereocenters. The smallest absolute Gasteiger partial charge is 0.417 e. The van der Waals surface area contributed by atoms with Gasteiger partial charge >= 0.3 is 12.1 Å². The van der Waals surface area contributed by atoms with Crippen molar-refractivity contribution in [2.45, 2.75) is 31.3 Å². The molecule has 5 rings (SSSR count). The van der Waals surface area contributed by atoms with E-state index in [0.717, 1.165) is 16.9 Å². The highest BCUT2D eigenvalue weighted by Crippen LogP contribution is 2.44. The van der Waals surface area contributed by atoms with Crippen LogP contribution in [-0.2, 0) is 17.5 Å². The summed E-state index contributed by atoms with van der Waals surface area (Å²) in [6.07, 6.45) is -2.65. The van der Waals surface area contributed by atoms with E-state index < -0.39 is 41.4 Å². The summed E-state index contributed by atoms with van der Waals surface area (Å²) in [7, 11) is 0.